The third-order valence-corrected chi connectivity index (χ3v) is 7.52. The van der Waals surface area contributed by atoms with Crippen LogP contribution in [-0.4, -0.2) is 80.3 Å². The summed E-state index contributed by atoms with van der Waals surface area (Å²) in [5.41, 5.74) is 3.08. The van der Waals surface area contributed by atoms with Crippen LogP contribution in [0.2, 0.25) is 0 Å². The number of carbonyl (C=O) groups is 4. The van der Waals surface area contributed by atoms with Gasteiger partial charge < -0.3 is 31.1 Å². The number of nitrogens with zero attached hydrogens (tertiary/aromatic N) is 4. The normalized spacial score (nSPS) is 19.8. The molecule has 0 aliphatic carbocycles. The lowest BCUT2D eigenvalue weighted by atomic mass is 10.0. The van der Waals surface area contributed by atoms with E-state index in [1.54, 1.807) is 36.6 Å². The van der Waals surface area contributed by atoms with Crippen LogP contribution in [0.15, 0.2) is 65.5 Å². The van der Waals surface area contributed by atoms with Gasteiger partial charge in [0, 0.05) is 17.4 Å². The Labute approximate surface area is 262 Å². The van der Waals surface area contributed by atoms with Gasteiger partial charge in [-0.25, -0.2) is 14.6 Å². The Morgan fingerprint density at radius 3 is 2.58 bits per heavy atom. The predicted octanol–water partition coefficient (Wildman–Crippen LogP) is 0.606. The number of aliphatic hydroxyl groups excluding tert-OH is 1. The molecule has 0 fully saturated rings. The maximum absolute atomic E-state index is 13.5. The SMILES string of the molecule is C[C@@H]1NC(=O)[C@H](CO)NC(=O)[C@@H](NC(=O)c2cscn2)Cc2ccc(cc2)OCCNC(=O)Cn2nc(-c3ccccc3)nc21. The first-order chi connectivity index (χ1) is 21.8. The average molecular weight is 633 g/mol. The highest BCUT2D eigenvalue weighted by molar-refractivity contribution is 7.07. The molecule has 0 saturated carbocycles. The lowest BCUT2D eigenvalue weighted by Gasteiger charge is -2.23. The van der Waals surface area contributed by atoms with Crippen LogP contribution in [0.5, 0.6) is 5.75 Å². The van der Waals surface area contributed by atoms with Crippen molar-refractivity contribution in [3.05, 3.63) is 82.6 Å². The van der Waals surface area contributed by atoms with Gasteiger partial charge in [0.25, 0.3) is 5.91 Å². The molecular weight excluding hydrogens is 600 g/mol. The van der Waals surface area contributed by atoms with Gasteiger partial charge in [0.2, 0.25) is 17.7 Å². The van der Waals surface area contributed by atoms with Gasteiger partial charge in [-0.05, 0) is 24.6 Å². The second kappa shape index (κ2) is 14.5. The van der Waals surface area contributed by atoms with Crippen molar-refractivity contribution in [3.8, 4) is 17.1 Å². The van der Waals surface area contributed by atoms with E-state index in [2.05, 4.69) is 36.3 Å². The molecule has 0 radical (unpaired) electrons. The molecule has 4 aromatic rings. The van der Waals surface area contributed by atoms with Crippen LogP contribution in [-0.2, 0) is 27.3 Å². The number of thiazole rings is 1. The average Bonchev–Trinajstić information content (AvgIpc) is 3.73. The van der Waals surface area contributed by atoms with Crippen LogP contribution >= 0.6 is 11.3 Å². The molecule has 2 aliphatic rings. The number of hydrogen-bond donors (Lipinski definition) is 5. The minimum atomic E-state index is -1.35. The molecule has 2 aromatic carbocycles. The fraction of sp³-hybridized carbons (Fsp3) is 0.300. The molecule has 14 nitrogen and oxygen atoms in total. The van der Waals surface area contributed by atoms with Crippen molar-refractivity contribution in [2.24, 2.45) is 0 Å². The maximum atomic E-state index is 13.5. The van der Waals surface area contributed by atoms with Crippen LogP contribution in [0.4, 0.5) is 0 Å². The Balaban J connectivity index is 1.42. The van der Waals surface area contributed by atoms with Gasteiger partial charge in [-0.3, -0.25) is 19.2 Å². The minimum Gasteiger partial charge on any atom is -0.492 e. The van der Waals surface area contributed by atoms with Gasteiger partial charge in [0.15, 0.2) is 5.82 Å². The molecule has 3 atom stereocenters. The van der Waals surface area contributed by atoms with Crippen molar-refractivity contribution in [1.82, 2.24) is 41.0 Å². The van der Waals surface area contributed by atoms with Gasteiger partial charge in [-0.2, -0.15) is 5.10 Å². The maximum Gasteiger partial charge on any atom is 0.271 e. The van der Waals surface area contributed by atoms with Crippen molar-refractivity contribution in [2.45, 2.75) is 38.0 Å². The van der Waals surface area contributed by atoms with Gasteiger partial charge in [-0.1, -0.05) is 42.5 Å². The van der Waals surface area contributed by atoms with E-state index in [1.165, 1.54) is 21.5 Å². The lowest BCUT2D eigenvalue weighted by Crippen LogP contribution is -2.56. The number of benzene rings is 2. The Morgan fingerprint density at radius 1 is 1.09 bits per heavy atom. The minimum absolute atomic E-state index is 0.0829. The van der Waals surface area contributed by atoms with Crippen LogP contribution in [0.1, 0.15) is 34.8 Å². The van der Waals surface area contributed by atoms with E-state index >= 15 is 0 Å². The highest BCUT2D eigenvalue weighted by Gasteiger charge is 2.29. The first kappa shape index (κ1) is 31.3. The van der Waals surface area contributed by atoms with Crippen LogP contribution in [0.25, 0.3) is 11.4 Å². The highest BCUT2D eigenvalue weighted by atomic mass is 32.1. The van der Waals surface area contributed by atoms with E-state index in [0.29, 0.717) is 28.5 Å². The summed E-state index contributed by atoms with van der Waals surface area (Å²) in [6, 6.07) is 12.9. The highest BCUT2D eigenvalue weighted by Crippen LogP contribution is 2.19. The molecule has 4 amide bonds. The summed E-state index contributed by atoms with van der Waals surface area (Å²) in [6.45, 7) is 1.19. The Morgan fingerprint density at radius 2 is 1.87 bits per heavy atom. The summed E-state index contributed by atoms with van der Waals surface area (Å²) in [5, 5.41) is 26.9. The quantitative estimate of drug-likeness (QED) is 0.215. The van der Waals surface area contributed by atoms with Crippen molar-refractivity contribution < 1.29 is 29.0 Å². The van der Waals surface area contributed by atoms with Gasteiger partial charge >= 0.3 is 0 Å². The Bertz CT molecular complexity index is 1630. The molecule has 0 saturated heterocycles. The standard InChI is InChI=1S/C30H32N8O6S/c1-18-27-36-26(20-5-3-2-4-6-20)37-38(27)14-25(40)31-11-12-44-21-9-7-19(8-10-21)13-22(34-30(43)24-16-45-17-32-24)28(41)35-23(15-39)29(42)33-18/h2-10,16-18,22-23,39H,11-15H2,1H3,(H,31,40)(H,33,42)(H,34,43)(H,35,41)/t18-,22-,23-/m0/s1. The van der Waals surface area contributed by atoms with Crippen molar-refractivity contribution in [3.63, 3.8) is 0 Å². The second-order valence-electron chi connectivity index (χ2n) is 10.2. The third-order valence-electron chi connectivity index (χ3n) is 6.93. The summed E-state index contributed by atoms with van der Waals surface area (Å²) >= 11 is 1.24. The van der Waals surface area contributed by atoms with Gasteiger partial charge in [0.1, 0.15) is 42.5 Å². The van der Waals surface area contributed by atoms with Crippen molar-refractivity contribution in [2.75, 3.05) is 19.8 Å². The largest absolute Gasteiger partial charge is 0.492 e. The third kappa shape index (κ3) is 8.07. The van der Waals surface area contributed by atoms with Crippen LogP contribution < -0.4 is 26.0 Å². The number of fused-ring (bicyclic) bond motifs is 14. The zero-order valence-corrected chi connectivity index (χ0v) is 25.1. The number of nitrogens with one attached hydrogen (secondary N) is 4. The zero-order chi connectivity index (χ0) is 31.8. The topological polar surface area (TPSA) is 189 Å². The van der Waals surface area contributed by atoms with E-state index in [1.807, 2.05) is 30.3 Å². The number of ether oxygens (including phenoxy) is 1. The van der Waals surface area contributed by atoms with E-state index in [0.717, 1.165) is 0 Å². The van der Waals surface area contributed by atoms with E-state index < -0.39 is 42.5 Å². The van der Waals surface area contributed by atoms with E-state index in [-0.39, 0.29) is 37.7 Å². The summed E-state index contributed by atoms with van der Waals surface area (Å²) in [4.78, 5) is 61.0. The summed E-state index contributed by atoms with van der Waals surface area (Å²) in [5.74, 6) is -1.07. The van der Waals surface area contributed by atoms with Crippen LogP contribution in [0, 0.1) is 0 Å². The second-order valence-corrected chi connectivity index (χ2v) is 11.0. The molecule has 2 aliphatic heterocycles. The summed E-state index contributed by atoms with van der Waals surface area (Å²) in [6.07, 6.45) is 0.0829. The fourth-order valence-electron chi connectivity index (χ4n) is 4.62. The number of aliphatic hydroxyl groups is 1. The fourth-order valence-corrected chi connectivity index (χ4v) is 5.15. The molecule has 234 valence electrons. The number of rotatable bonds is 4. The van der Waals surface area contributed by atoms with Gasteiger partial charge in [-0.15, -0.1) is 11.3 Å². The number of hydrogen-bond acceptors (Lipinski definition) is 10. The smallest absolute Gasteiger partial charge is 0.271 e. The Kier molecular flexibility index (Phi) is 10.1. The number of carbonyl (C=O) groups excluding carboxylic acids is 4. The molecule has 2 bridgehead atoms. The first-order valence-electron chi connectivity index (χ1n) is 14.2. The molecule has 6 rings (SSSR count). The zero-order valence-electron chi connectivity index (χ0n) is 24.3. The predicted molar refractivity (Wildman–Crippen MR) is 163 cm³/mol. The molecule has 15 heteroatoms. The molecule has 0 spiro atoms. The lowest BCUT2D eigenvalue weighted by molar-refractivity contribution is -0.131. The number of amides is 4. The molecule has 0 unspecified atom stereocenters. The van der Waals surface area contributed by atoms with Crippen LogP contribution in [0.3, 0.4) is 0 Å². The Hall–Kier alpha value is -5.15. The summed E-state index contributed by atoms with van der Waals surface area (Å²) < 4.78 is 7.16. The van der Waals surface area contributed by atoms with E-state index in [4.69, 9.17) is 4.74 Å². The molecule has 5 N–H and O–H groups in total. The van der Waals surface area contributed by atoms with Crippen molar-refractivity contribution >= 4 is 35.0 Å². The molecule has 4 heterocycles. The molecular formula is C30H32N8O6S. The molecule has 2 aromatic heterocycles. The van der Waals surface area contributed by atoms with Gasteiger partial charge in [0.05, 0.1) is 24.7 Å². The van der Waals surface area contributed by atoms with Crippen molar-refractivity contribution in [1.29, 1.82) is 0 Å². The monoisotopic (exact) mass is 632 g/mol. The van der Waals surface area contributed by atoms with E-state index in [9.17, 15) is 24.3 Å². The summed E-state index contributed by atoms with van der Waals surface area (Å²) in [7, 11) is 0. The molecule has 45 heavy (non-hydrogen) atoms. The first-order valence-corrected chi connectivity index (χ1v) is 15.1. The number of aromatic nitrogens is 4.